The van der Waals surface area contributed by atoms with E-state index in [0.717, 1.165) is 43.4 Å². The number of rotatable bonds is 5. The molecule has 0 radical (unpaired) electrons. The first-order valence-corrected chi connectivity index (χ1v) is 10.9. The van der Waals surface area contributed by atoms with Gasteiger partial charge in [0.1, 0.15) is 0 Å². The Labute approximate surface area is 166 Å². The van der Waals surface area contributed by atoms with Gasteiger partial charge >= 0.3 is 0 Å². The fourth-order valence-corrected chi connectivity index (χ4v) is 4.17. The summed E-state index contributed by atoms with van der Waals surface area (Å²) in [7, 11) is -2.08. The molecule has 1 amide bonds. The minimum atomic E-state index is -3.46. The van der Waals surface area contributed by atoms with Gasteiger partial charge in [-0.05, 0) is 61.4 Å². The molecule has 28 heavy (non-hydrogen) atoms. The second-order valence-electron chi connectivity index (χ2n) is 6.79. The van der Waals surface area contributed by atoms with E-state index in [0.29, 0.717) is 0 Å². The highest BCUT2D eigenvalue weighted by Crippen LogP contribution is 2.30. The van der Waals surface area contributed by atoms with E-state index in [-0.39, 0.29) is 16.8 Å². The molecule has 0 aliphatic carbocycles. The maximum absolute atomic E-state index is 12.9. The number of hydrogen-bond acceptors (Lipinski definition) is 4. The lowest BCUT2D eigenvalue weighted by atomic mass is 10.0. The SMILES string of the molecule is CNS(=O)(=O)c1ccc(/C=C/C(=O)N2CCCCCC2c2ccncc2)cc1. The summed E-state index contributed by atoms with van der Waals surface area (Å²) in [5, 5.41) is 0. The van der Waals surface area contributed by atoms with E-state index < -0.39 is 10.0 Å². The molecule has 0 bridgehead atoms. The Balaban J connectivity index is 1.76. The van der Waals surface area contributed by atoms with Crippen molar-refractivity contribution in [3.05, 3.63) is 66.0 Å². The van der Waals surface area contributed by atoms with Crippen LogP contribution in [0, 0.1) is 0 Å². The highest BCUT2D eigenvalue weighted by Gasteiger charge is 2.25. The van der Waals surface area contributed by atoms with E-state index in [1.54, 1.807) is 36.7 Å². The van der Waals surface area contributed by atoms with E-state index in [1.807, 2.05) is 17.0 Å². The summed E-state index contributed by atoms with van der Waals surface area (Å²) in [6, 6.07) is 10.4. The molecule has 0 spiro atoms. The average molecular weight is 400 g/mol. The zero-order chi connectivity index (χ0) is 20.0. The number of nitrogens with zero attached hydrogens (tertiary/aromatic N) is 2. The van der Waals surface area contributed by atoms with Crippen LogP contribution in [0.2, 0.25) is 0 Å². The van der Waals surface area contributed by atoms with Crippen molar-refractivity contribution >= 4 is 22.0 Å². The van der Waals surface area contributed by atoms with Crippen molar-refractivity contribution in [1.82, 2.24) is 14.6 Å². The minimum absolute atomic E-state index is 0.0318. The summed E-state index contributed by atoms with van der Waals surface area (Å²) in [6.45, 7) is 0.732. The van der Waals surface area contributed by atoms with Gasteiger partial charge in [0.2, 0.25) is 15.9 Å². The molecule has 1 N–H and O–H groups in total. The van der Waals surface area contributed by atoms with Gasteiger partial charge in [0.15, 0.2) is 0 Å². The lowest BCUT2D eigenvalue weighted by Gasteiger charge is -2.29. The molecule has 6 nitrogen and oxygen atoms in total. The molecule has 0 saturated carbocycles. The number of aromatic nitrogens is 1. The molecule has 2 aromatic rings. The molecule has 1 aliphatic heterocycles. The number of nitrogens with one attached hydrogen (secondary N) is 1. The van der Waals surface area contributed by atoms with Crippen LogP contribution in [0.3, 0.4) is 0 Å². The highest BCUT2D eigenvalue weighted by atomic mass is 32.2. The molecule has 1 saturated heterocycles. The fraction of sp³-hybridized carbons (Fsp3) is 0.333. The maximum Gasteiger partial charge on any atom is 0.247 e. The first-order chi connectivity index (χ1) is 13.5. The first kappa shape index (κ1) is 20.2. The zero-order valence-electron chi connectivity index (χ0n) is 15.9. The predicted molar refractivity (Wildman–Crippen MR) is 109 cm³/mol. The molecule has 1 aromatic heterocycles. The van der Waals surface area contributed by atoms with Crippen LogP contribution >= 0.6 is 0 Å². The van der Waals surface area contributed by atoms with E-state index in [1.165, 1.54) is 19.2 Å². The van der Waals surface area contributed by atoms with Crippen LogP contribution in [0.4, 0.5) is 0 Å². The zero-order valence-corrected chi connectivity index (χ0v) is 16.7. The average Bonchev–Trinajstić information content (AvgIpc) is 2.99. The van der Waals surface area contributed by atoms with Gasteiger partial charge in [-0.25, -0.2) is 13.1 Å². The Morgan fingerprint density at radius 1 is 1.11 bits per heavy atom. The van der Waals surface area contributed by atoms with Crippen LogP contribution in [-0.2, 0) is 14.8 Å². The molecule has 1 atom stereocenters. The largest absolute Gasteiger partial charge is 0.332 e. The van der Waals surface area contributed by atoms with E-state index in [2.05, 4.69) is 9.71 Å². The first-order valence-electron chi connectivity index (χ1n) is 9.43. The van der Waals surface area contributed by atoms with Crippen LogP contribution in [0.5, 0.6) is 0 Å². The molecule has 1 aliphatic rings. The summed E-state index contributed by atoms with van der Waals surface area (Å²) in [5.41, 5.74) is 1.89. The molecule has 3 rings (SSSR count). The van der Waals surface area contributed by atoms with Gasteiger partial charge in [-0.3, -0.25) is 9.78 Å². The summed E-state index contributed by atoms with van der Waals surface area (Å²) >= 11 is 0. The summed E-state index contributed by atoms with van der Waals surface area (Å²) < 4.78 is 25.9. The highest BCUT2D eigenvalue weighted by molar-refractivity contribution is 7.89. The summed E-state index contributed by atoms with van der Waals surface area (Å²) in [5.74, 6) is -0.0318. The maximum atomic E-state index is 12.9. The Hall–Kier alpha value is -2.51. The van der Waals surface area contributed by atoms with E-state index in [9.17, 15) is 13.2 Å². The number of carbonyl (C=O) groups is 1. The fourth-order valence-electron chi connectivity index (χ4n) is 3.44. The molecule has 1 aromatic carbocycles. The topological polar surface area (TPSA) is 79.4 Å². The molecular formula is C21H25N3O3S. The van der Waals surface area contributed by atoms with Gasteiger partial charge in [0.05, 0.1) is 10.9 Å². The van der Waals surface area contributed by atoms with Crippen LogP contribution < -0.4 is 4.72 Å². The minimum Gasteiger partial charge on any atom is -0.332 e. The number of carbonyl (C=O) groups excluding carboxylic acids is 1. The Morgan fingerprint density at radius 2 is 1.82 bits per heavy atom. The van der Waals surface area contributed by atoms with Gasteiger partial charge in [-0.15, -0.1) is 0 Å². The monoisotopic (exact) mass is 399 g/mol. The molecule has 1 fully saturated rings. The van der Waals surface area contributed by atoms with Crippen molar-refractivity contribution in [2.24, 2.45) is 0 Å². The van der Waals surface area contributed by atoms with Crippen molar-refractivity contribution in [1.29, 1.82) is 0 Å². The molecule has 1 unspecified atom stereocenters. The Morgan fingerprint density at radius 3 is 2.50 bits per heavy atom. The van der Waals surface area contributed by atoms with Crippen LogP contribution in [-0.4, -0.2) is 37.8 Å². The molecular weight excluding hydrogens is 374 g/mol. The van der Waals surface area contributed by atoms with Crippen LogP contribution in [0.25, 0.3) is 6.08 Å². The second kappa shape index (κ2) is 9.12. The quantitative estimate of drug-likeness (QED) is 0.784. The standard InChI is InChI=1S/C21H25N3O3S/c1-22-28(26,27)19-9-6-17(7-10-19)8-11-21(25)24-16-4-2-3-5-20(24)18-12-14-23-15-13-18/h6-15,20,22H,2-5,16H2,1H3/b11-8+. The van der Waals surface area contributed by atoms with Gasteiger partial charge in [0.25, 0.3) is 0 Å². The number of hydrogen-bond donors (Lipinski definition) is 1. The lowest BCUT2D eigenvalue weighted by molar-refractivity contribution is -0.128. The van der Waals surface area contributed by atoms with Gasteiger partial charge in [-0.2, -0.15) is 0 Å². The van der Waals surface area contributed by atoms with Crippen molar-refractivity contribution in [2.45, 2.75) is 36.6 Å². The lowest BCUT2D eigenvalue weighted by Crippen LogP contribution is -2.33. The summed E-state index contributed by atoms with van der Waals surface area (Å²) in [6.07, 6.45) is 11.0. The number of pyridine rings is 1. The van der Waals surface area contributed by atoms with E-state index in [4.69, 9.17) is 0 Å². The smallest absolute Gasteiger partial charge is 0.247 e. The Bertz CT molecular complexity index is 925. The number of benzene rings is 1. The van der Waals surface area contributed by atoms with Crippen molar-refractivity contribution in [2.75, 3.05) is 13.6 Å². The summed E-state index contributed by atoms with van der Waals surface area (Å²) in [4.78, 5) is 19.1. The van der Waals surface area contributed by atoms with Crippen molar-refractivity contribution in [3.8, 4) is 0 Å². The predicted octanol–water partition coefficient (Wildman–Crippen LogP) is 3.15. The number of likely N-dealkylation sites (tertiary alicyclic amines) is 1. The third-order valence-corrected chi connectivity index (χ3v) is 6.43. The van der Waals surface area contributed by atoms with Crippen molar-refractivity contribution in [3.63, 3.8) is 0 Å². The Kier molecular flexibility index (Phi) is 6.59. The molecule has 148 valence electrons. The molecule has 2 heterocycles. The van der Waals surface area contributed by atoms with Crippen molar-refractivity contribution < 1.29 is 13.2 Å². The molecule has 7 heteroatoms. The van der Waals surface area contributed by atoms with Crippen LogP contribution in [0.1, 0.15) is 42.9 Å². The second-order valence-corrected chi connectivity index (χ2v) is 8.67. The normalized spacial score (nSPS) is 18.2. The van der Waals surface area contributed by atoms with Gasteiger partial charge in [0, 0.05) is 25.0 Å². The van der Waals surface area contributed by atoms with Gasteiger partial charge in [-0.1, -0.05) is 25.0 Å². The van der Waals surface area contributed by atoms with E-state index >= 15 is 0 Å². The van der Waals surface area contributed by atoms with Gasteiger partial charge < -0.3 is 4.90 Å². The number of amides is 1. The number of sulfonamides is 1. The third kappa shape index (κ3) is 4.85. The third-order valence-electron chi connectivity index (χ3n) is 5.00. The van der Waals surface area contributed by atoms with Crippen LogP contribution in [0.15, 0.2) is 59.8 Å².